The van der Waals surface area contributed by atoms with E-state index in [0.717, 1.165) is 0 Å². The van der Waals surface area contributed by atoms with Crippen molar-refractivity contribution < 1.29 is 23.4 Å². The van der Waals surface area contributed by atoms with Crippen molar-refractivity contribution in [2.75, 3.05) is 13.2 Å². The zero-order valence-corrected chi connectivity index (χ0v) is 8.06. The summed E-state index contributed by atoms with van der Waals surface area (Å²) >= 11 is 0. The van der Waals surface area contributed by atoms with Crippen molar-refractivity contribution in [1.82, 2.24) is 0 Å². The molecule has 0 bridgehead atoms. The van der Waals surface area contributed by atoms with Gasteiger partial charge in [0.25, 0.3) is 0 Å². The molecule has 0 radical (unpaired) electrons. The topological polar surface area (TPSA) is 40.5 Å². The third kappa shape index (κ3) is 2.39. The maximum atomic E-state index is 12.1. The molecule has 5 heteroatoms. The monoisotopic (exact) mass is 212 g/mol. The van der Waals surface area contributed by atoms with E-state index in [9.17, 15) is 13.2 Å². The van der Waals surface area contributed by atoms with Crippen LogP contribution in [0.4, 0.5) is 13.2 Å². The first kappa shape index (κ1) is 11.8. The van der Waals surface area contributed by atoms with E-state index in [2.05, 4.69) is 0 Å². The van der Waals surface area contributed by atoms with Crippen LogP contribution in [0, 0.1) is 10.8 Å². The number of aliphatic hydroxyl groups excluding tert-OH is 2. The fraction of sp³-hybridized carbons (Fsp3) is 1.00. The smallest absolute Gasteiger partial charge is 0.389 e. The molecular formula is C9H15F3O2. The van der Waals surface area contributed by atoms with E-state index in [1.807, 2.05) is 0 Å². The van der Waals surface area contributed by atoms with E-state index in [4.69, 9.17) is 10.2 Å². The minimum atomic E-state index is -4.16. The molecule has 1 fully saturated rings. The van der Waals surface area contributed by atoms with Gasteiger partial charge in [0.2, 0.25) is 0 Å². The molecular weight excluding hydrogens is 197 g/mol. The summed E-state index contributed by atoms with van der Waals surface area (Å²) in [7, 11) is 0. The lowest BCUT2D eigenvalue weighted by Crippen LogP contribution is -2.51. The van der Waals surface area contributed by atoms with Gasteiger partial charge in [-0.15, -0.1) is 0 Å². The zero-order chi connectivity index (χ0) is 11.0. The van der Waals surface area contributed by atoms with Crippen LogP contribution >= 0.6 is 0 Å². The van der Waals surface area contributed by atoms with Crippen LogP contribution in [-0.2, 0) is 0 Å². The number of alkyl halides is 3. The van der Waals surface area contributed by atoms with Crippen LogP contribution in [0.1, 0.15) is 26.2 Å². The second kappa shape index (κ2) is 3.38. The maximum Gasteiger partial charge on any atom is 0.389 e. The summed E-state index contributed by atoms with van der Waals surface area (Å²) in [5.74, 6) is 0. The molecule has 0 aromatic rings. The van der Waals surface area contributed by atoms with E-state index in [1.54, 1.807) is 6.92 Å². The van der Waals surface area contributed by atoms with Crippen LogP contribution in [0.25, 0.3) is 0 Å². The molecule has 1 saturated carbocycles. The standard InChI is InChI=1S/C9H15F3O2/c1-7(4-9(10,11)12)2-8(3-7,5-13)6-14/h13-14H,2-6H2,1H3. The fourth-order valence-electron chi connectivity index (χ4n) is 2.64. The molecule has 0 aromatic carbocycles. The Morgan fingerprint density at radius 3 is 1.86 bits per heavy atom. The Labute approximate surface area is 80.7 Å². The van der Waals surface area contributed by atoms with E-state index in [1.165, 1.54) is 0 Å². The molecule has 0 saturated heterocycles. The molecule has 0 atom stereocenters. The quantitative estimate of drug-likeness (QED) is 0.747. The summed E-state index contributed by atoms with van der Waals surface area (Å²) in [6, 6.07) is 0. The van der Waals surface area contributed by atoms with Crippen molar-refractivity contribution in [3.8, 4) is 0 Å². The molecule has 0 aliphatic heterocycles. The first-order valence-electron chi connectivity index (χ1n) is 4.53. The number of rotatable bonds is 3. The Bertz CT molecular complexity index is 201. The van der Waals surface area contributed by atoms with Crippen LogP contribution in [0.15, 0.2) is 0 Å². The normalized spacial score (nSPS) is 24.4. The number of hydrogen-bond acceptors (Lipinski definition) is 2. The van der Waals surface area contributed by atoms with Gasteiger partial charge in [0.05, 0.1) is 13.2 Å². The lowest BCUT2D eigenvalue weighted by Gasteiger charge is -2.53. The zero-order valence-electron chi connectivity index (χ0n) is 8.06. The van der Waals surface area contributed by atoms with Gasteiger partial charge in [-0.1, -0.05) is 6.92 Å². The summed E-state index contributed by atoms with van der Waals surface area (Å²) < 4.78 is 36.3. The summed E-state index contributed by atoms with van der Waals surface area (Å²) in [6.07, 6.45) is -4.51. The molecule has 0 aromatic heterocycles. The predicted octanol–water partition coefficient (Wildman–Crippen LogP) is 1.71. The maximum absolute atomic E-state index is 12.1. The molecule has 84 valence electrons. The van der Waals surface area contributed by atoms with Gasteiger partial charge < -0.3 is 10.2 Å². The second-order valence-electron chi connectivity index (χ2n) is 4.77. The van der Waals surface area contributed by atoms with Crippen molar-refractivity contribution >= 4 is 0 Å². The van der Waals surface area contributed by atoms with Crippen molar-refractivity contribution in [3.05, 3.63) is 0 Å². The Morgan fingerprint density at radius 2 is 1.57 bits per heavy atom. The average molecular weight is 212 g/mol. The molecule has 0 amide bonds. The molecule has 1 aliphatic carbocycles. The largest absolute Gasteiger partial charge is 0.396 e. The number of hydrogen-bond donors (Lipinski definition) is 2. The minimum Gasteiger partial charge on any atom is -0.396 e. The highest BCUT2D eigenvalue weighted by Crippen LogP contribution is 2.57. The van der Waals surface area contributed by atoms with Gasteiger partial charge in [-0.25, -0.2) is 0 Å². The predicted molar refractivity (Wildman–Crippen MR) is 44.6 cm³/mol. The molecule has 0 heterocycles. The first-order chi connectivity index (χ1) is 6.24. The Hall–Kier alpha value is -0.290. The molecule has 1 aliphatic rings. The molecule has 2 nitrogen and oxygen atoms in total. The third-order valence-corrected chi connectivity index (χ3v) is 2.90. The number of aliphatic hydroxyl groups is 2. The van der Waals surface area contributed by atoms with E-state index < -0.39 is 23.4 Å². The van der Waals surface area contributed by atoms with Crippen molar-refractivity contribution in [3.63, 3.8) is 0 Å². The highest BCUT2D eigenvalue weighted by atomic mass is 19.4. The molecule has 0 unspecified atom stereocenters. The van der Waals surface area contributed by atoms with Crippen molar-refractivity contribution in [2.24, 2.45) is 10.8 Å². The Morgan fingerprint density at radius 1 is 1.14 bits per heavy atom. The second-order valence-corrected chi connectivity index (χ2v) is 4.77. The molecule has 1 rings (SSSR count). The van der Waals surface area contributed by atoms with Crippen LogP contribution in [0.3, 0.4) is 0 Å². The number of halogens is 3. The van der Waals surface area contributed by atoms with Gasteiger partial charge in [-0.3, -0.25) is 0 Å². The van der Waals surface area contributed by atoms with E-state index in [0.29, 0.717) is 0 Å². The van der Waals surface area contributed by atoms with Gasteiger partial charge in [0.1, 0.15) is 0 Å². The Kier molecular flexibility index (Phi) is 2.84. The summed E-state index contributed by atoms with van der Waals surface area (Å²) in [6.45, 7) is 1.07. The summed E-state index contributed by atoms with van der Waals surface area (Å²) in [4.78, 5) is 0. The highest BCUT2D eigenvalue weighted by molar-refractivity contribution is 5.01. The average Bonchev–Trinajstić information content (AvgIpc) is 1.96. The van der Waals surface area contributed by atoms with Gasteiger partial charge in [0, 0.05) is 11.8 Å². The third-order valence-electron chi connectivity index (χ3n) is 2.90. The van der Waals surface area contributed by atoms with E-state index >= 15 is 0 Å². The van der Waals surface area contributed by atoms with Gasteiger partial charge >= 0.3 is 6.18 Å². The van der Waals surface area contributed by atoms with Gasteiger partial charge in [-0.2, -0.15) is 13.2 Å². The molecule has 0 spiro atoms. The van der Waals surface area contributed by atoms with Crippen LogP contribution in [-0.4, -0.2) is 29.6 Å². The lowest BCUT2D eigenvalue weighted by molar-refractivity contribution is -0.196. The minimum absolute atomic E-state index is 0.239. The van der Waals surface area contributed by atoms with Crippen LogP contribution in [0.5, 0.6) is 0 Å². The lowest BCUT2D eigenvalue weighted by atomic mass is 9.53. The first-order valence-corrected chi connectivity index (χ1v) is 4.53. The Balaban J connectivity index is 2.52. The highest BCUT2D eigenvalue weighted by Gasteiger charge is 2.54. The van der Waals surface area contributed by atoms with Crippen LogP contribution < -0.4 is 0 Å². The van der Waals surface area contributed by atoms with Crippen LogP contribution in [0.2, 0.25) is 0 Å². The van der Waals surface area contributed by atoms with Crippen molar-refractivity contribution in [2.45, 2.75) is 32.4 Å². The van der Waals surface area contributed by atoms with E-state index in [-0.39, 0.29) is 26.1 Å². The fourth-order valence-corrected chi connectivity index (χ4v) is 2.64. The van der Waals surface area contributed by atoms with Gasteiger partial charge in [0.15, 0.2) is 0 Å². The molecule has 14 heavy (non-hydrogen) atoms. The molecule has 2 N–H and O–H groups in total. The van der Waals surface area contributed by atoms with Crippen molar-refractivity contribution in [1.29, 1.82) is 0 Å². The van der Waals surface area contributed by atoms with Gasteiger partial charge in [-0.05, 0) is 18.3 Å². The summed E-state index contributed by atoms with van der Waals surface area (Å²) in [5.41, 5.74) is -1.48. The SMILES string of the molecule is CC1(CC(F)(F)F)CC(CO)(CO)C1. The summed E-state index contributed by atoms with van der Waals surface area (Å²) in [5, 5.41) is 17.9.